The lowest BCUT2D eigenvalue weighted by Gasteiger charge is -2.54. The number of hydrogen-bond acceptors (Lipinski definition) is 1. The first-order chi connectivity index (χ1) is 9.69. The van der Waals surface area contributed by atoms with E-state index in [0.717, 1.165) is 35.3 Å². The van der Waals surface area contributed by atoms with Crippen LogP contribution >= 0.6 is 0 Å². The molecule has 4 bridgehead atoms. The number of rotatable bonds is 2. The van der Waals surface area contributed by atoms with Crippen LogP contribution < -0.4 is 11.5 Å². The van der Waals surface area contributed by atoms with Gasteiger partial charge < -0.3 is 11.5 Å². The van der Waals surface area contributed by atoms with E-state index in [0.29, 0.717) is 0 Å². The van der Waals surface area contributed by atoms with E-state index in [1.54, 1.807) is 0 Å². The quantitative estimate of drug-likeness (QED) is 0.640. The molecule has 1 aromatic rings. The van der Waals surface area contributed by atoms with E-state index in [-0.39, 0.29) is 5.96 Å². The minimum absolute atomic E-state index is 0.132. The van der Waals surface area contributed by atoms with Gasteiger partial charge in [0.1, 0.15) is 0 Å². The minimum Gasteiger partial charge on any atom is -0.370 e. The zero-order chi connectivity index (χ0) is 13.7. The van der Waals surface area contributed by atoms with Crippen molar-refractivity contribution in [3.05, 3.63) is 29.8 Å². The summed E-state index contributed by atoms with van der Waals surface area (Å²) in [5, 5.41) is 0. The Kier molecular flexibility index (Phi) is 2.76. The van der Waals surface area contributed by atoms with Gasteiger partial charge in [-0.15, -0.1) is 0 Å². The Bertz CT molecular complexity index is 500. The second-order valence-corrected chi connectivity index (χ2v) is 7.08. The summed E-state index contributed by atoms with van der Waals surface area (Å²) in [6.45, 7) is 0. The van der Waals surface area contributed by atoms with Crippen molar-refractivity contribution in [2.45, 2.75) is 38.0 Å². The number of nitrogens with zero attached hydrogens (tertiary/aromatic N) is 1. The van der Waals surface area contributed by atoms with Gasteiger partial charge in [-0.1, -0.05) is 12.1 Å². The van der Waals surface area contributed by atoms with Crippen molar-refractivity contribution in [2.75, 3.05) is 0 Å². The van der Waals surface area contributed by atoms with Crippen LogP contribution in [0.3, 0.4) is 0 Å². The fourth-order valence-corrected chi connectivity index (χ4v) is 5.39. The molecule has 4 aliphatic rings. The van der Waals surface area contributed by atoms with Crippen molar-refractivity contribution >= 4 is 11.6 Å². The largest absolute Gasteiger partial charge is 0.370 e. The molecule has 0 radical (unpaired) electrons. The predicted molar refractivity (Wildman–Crippen MR) is 81.7 cm³/mol. The third kappa shape index (κ3) is 2.00. The number of guanidine groups is 1. The van der Waals surface area contributed by atoms with Gasteiger partial charge in [0.2, 0.25) is 0 Å². The molecule has 0 amide bonds. The third-order valence-corrected chi connectivity index (χ3v) is 5.76. The minimum atomic E-state index is 0.132. The highest BCUT2D eigenvalue weighted by Crippen LogP contribution is 2.59. The van der Waals surface area contributed by atoms with Gasteiger partial charge >= 0.3 is 0 Å². The SMILES string of the molecule is NC(N)=Nc1ccc(C2C3CC4CC(C3)CC2C4)cc1. The maximum absolute atomic E-state index is 5.43. The maximum Gasteiger partial charge on any atom is 0.191 e. The van der Waals surface area contributed by atoms with Crippen LogP contribution in [0.15, 0.2) is 29.3 Å². The van der Waals surface area contributed by atoms with Gasteiger partial charge in [-0.2, -0.15) is 0 Å². The van der Waals surface area contributed by atoms with Crippen LogP contribution in [-0.4, -0.2) is 5.96 Å². The van der Waals surface area contributed by atoms with Crippen molar-refractivity contribution in [2.24, 2.45) is 40.1 Å². The Balaban J connectivity index is 1.60. The Morgan fingerprint density at radius 1 is 0.850 bits per heavy atom. The fraction of sp³-hybridized carbons (Fsp3) is 0.588. The molecule has 5 rings (SSSR count). The van der Waals surface area contributed by atoms with Crippen LogP contribution in [0.2, 0.25) is 0 Å². The van der Waals surface area contributed by atoms with E-state index in [9.17, 15) is 0 Å². The van der Waals surface area contributed by atoms with Gasteiger partial charge in [-0.25, -0.2) is 4.99 Å². The summed E-state index contributed by atoms with van der Waals surface area (Å²) in [7, 11) is 0. The van der Waals surface area contributed by atoms with Crippen LogP contribution in [0.25, 0.3) is 0 Å². The molecule has 0 spiro atoms. The highest BCUT2D eigenvalue weighted by Gasteiger charge is 2.48. The molecule has 106 valence electrons. The number of hydrogen-bond donors (Lipinski definition) is 2. The average Bonchev–Trinajstić information content (AvgIpc) is 2.38. The van der Waals surface area contributed by atoms with Crippen LogP contribution in [-0.2, 0) is 0 Å². The first-order valence-electron chi connectivity index (χ1n) is 7.88. The molecule has 4 N–H and O–H groups in total. The zero-order valence-corrected chi connectivity index (χ0v) is 11.8. The molecule has 1 aromatic carbocycles. The smallest absolute Gasteiger partial charge is 0.191 e. The monoisotopic (exact) mass is 269 g/mol. The summed E-state index contributed by atoms with van der Waals surface area (Å²) in [5.41, 5.74) is 13.2. The van der Waals surface area contributed by atoms with E-state index in [1.807, 2.05) is 0 Å². The second-order valence-electron chi connectivity index (χ2n) is 7.08. The van der Waals surface area contributed by atoms with Crippen LogP contribution in [0.1, 0.15) is 43.6 Å². The van der Waals surface area contributed by atoms with E-state index in [4.69, 9.17) is 11.5 Å². The number of nitrogens with two attached hydrogens (primary N) is 2. The standard InChI is InChI=1S/C17H23N3/c18-17(19)20-15-3-1-12(2-4-15)16-13-6-10-5-11(8-13)9-14(16)7-10/h1-4,10-11,13-14,16H,5-9H2,(H4,18,19,20). The number of aliphatic imine (C=N–C) groups is 1. The molecule has 0 aromatic heterocycles. The fourth-order valence-electron chi connectivity index (χ4n) is 5.39. The highest BCUT2D eigenvalue weighted by atomic mass is 15.0. The summed E-state index contributed by atoms with van der Waals surface area (Å²) in [6.07, 6.45) is 7.38. The molecule has 0 unspecified atom stereocenters. The van der Waals surface area contributed by atoms with E-state index in [2.05, 4.69) is 29.3 Å². The van der Waals surface area contributed by atoms with Gasteiger partial charge in [0.15, 0.2) is 5.96 Å². The maximum atomic E-state index is 5.43. The van der Waals surface area contributed by atoms with Crippen molar-refractivity contribution in [1.82, 2.24) is 0 Å². The zero-order valence-electron chi connectivity index (χ0n) is 11.8. The molecule has 0 saturated heterocycles. The molecule has 4 fully saturated rings. The normalized spacial score (nSPS) is 37.9. The highest BCUT2D eigenvalue weighted by molar-refractivity contribution is 5.78. The molecular formula is C17H23N3. The Morgan fingerprint density at radius 3 is 1.90 bits per heavy atom. The first-order valence-corrected chi connectivity index (χ1v) is 7.88. The van der Waals surface area contributed by atoms with Crippen molar-refractivity contribution in [3.8, 4) is 0 Å². The Labute approximate surface area is 120 Å². The lowest BCUT2D eigenvalue weighted by molar-refractivity contribution is -0.00277. The Morgan fingerprint density at radius 2 is 1.40 bits per heavy atom. The average molecular weight is 269 g/mol. The van der Waals surface area contributed by atoms with Crippen LogP contribution in [0, 0.1) is 23.7 Å². The van der Waals surface area contributed by atoms with Gasteiger partial charge in [0.25, 0.3) is 0 Å². The third-order valence-electron chi connectivity index (χ3n) is 5.76. The summed E-state index contributed by atoms with van der Waals surface area (Å²) in [5.74, 6) is 4.85. The van der Waals surface area contributed by atoms with Crippen molar-refractivity contribution < 1.29 is 0 Å². The molecule has 0 atom stereocenters. The molecule has 4 aliphatic carbocycles. The molecule has 0 heterocycles. The molecule has 0 aliphatic heterocycles. The summed E-state index contributed by atoms with van der Waals surface area (Å²) in [6, 6.07) is 8.60. The molecular weight excluding hydrogens is 246 g/mol. The Hall–Kier alpha value is -1.51. The molecule has 4 saturated carbocycles. The topological polar surface area (TPSA) is 64.4 Å². The number of benzene rings is 1. The molecule has 20 heavy (non-hydrogen) atoms. The summed E-state index contributed by atoms with van der Waals surface area (Å²) >= 11 is 0. The molecule has 3 nitrogen and oxygen atoms in total. The molecule has 3 heteroatoms. The summed E-state index contributed by atoms with van der Waals surface area (Å²) in [4.78, 5) is 4.11. The van der Waals surface area contributed by atoms with Crippen LogP contribution in [0.4, 0.5) is 5.69 Å². The van der Waals surface area contributed by atoms with E-state index in [1.165, 1.54) is 37.7 Å². The van der Waals surface area contributed by atoms with E-state index < -0.39 is 0 Å². The van der Waals surface area contributed by atoms with Crippen molar-refractivity contribution in [1.29, 1.82) is 0 Å². The lowest BCUT2D eigenvalue weighted by atomic mass is 9.51. The van der Waals surface area contributed by atoms with E-state index >= 15 is 0 Å². The van der Waals surface area contributed by atoms with Crippen LogP contribution in [0.5, 0.6) is 0 Å². The second kappa shape index (κ2) is 4.51. The van der Waals surface area contributed by atoms with Gasteiger partial charge in [-0.3, -0.25) is 0 Å². The lowest BCUT2D eigenvalue weighted by Crippen LogP contribution is -2.43. The van der Waals surface area contributed by atoms with Crippen molar-refractivity contribution in [3.63, 3.8) is 0 Å². The van der Waals surface area contributed by atoms with Gasteiger partial charge in [0.05, 0.1) is 5.69 Å². The summed E-state index contributed by atoms with van der Waals surface area (Å²) < 4.78 is 0. The van der Waals surface area contributed by atoms with Gasteiger partial charge in [-0.05, 0) is 79.4 Å². The predicted octanol–water partition coefficient (Wildman–Crippen LogP) is 3.13. The first kappa shape index (κ1) is 12.2. The van der Waals surface area contributed by atoms with Gasteiger partial charge in [0, 0.05) is 0 Å².